The van der Waals surface area contributed by atoms with Gasteiger partial charge >= 0.3 is 0 Å². The molecule has 1 aliphatic carbocycles. The minimum absolute atomic E-state index is 0.100. The lowest BCUT2D eigenvalue weighted by Crippen LogP contribution is -2.23. The molecule has 2 aromatic rings. The molecular weight excluding hydrogens is 344 g/mol. The number of hydrogen-bond donors (Lipinski definition) is 1. The fourth-order valence-corrected chi connectivity index (χ4v) is 3.59. The van der Waals surface area contributed by atoms with Crippen LogP contribution in [-0.2, 0) is 4.79 Å². The van der Waals surface area contributed by atoms with Crippen LogP contribution in [0.1, 0.15) is 53.9 Å². The van der Waals surface area contributed by atoms with Crippen LogP contribution in [0.4, 0.5) is 5.69 Å². The number of hydrogen-bond acceptors (Lipinski definition) is 5. The van der Waals surface area contributed by atoms with E-state index in [2.05, 4.69) is 21.4 Å². The topological polar surface area (TPSA) is 78.7 Å². The molecule has 1 aromatic carbocycles. The van der Waals surface area contributed by atoms with Crippen molar-refractivity contribution in [2.75, 3.05) is 5.32 Å². The summed E-state index contributed by atoms with van der Waals surface area (Å²) in [4.78, 5) is 21.7. The molecule has 0 saturated heterocycles. The number of aromatic nitrogens is 2. The van der Waals surface area contributed by atoms with Gasteiger partial charge in [0.05, 0.1) is 10.9 Å². The maximum absolute atomic E-state index is 12.6. The van der Waals surface area contributed by atoms with Gasteiger partial charge in [0.25, 0.3) is 0 Å². The second kappa shape index (κ2) is 7.46. The van der Waals surface area contributed by atoms with E-state index in [4.69, 9.17) is 0 Å². The molecule has 1 aromatic heterocycles. The first-order valence-electron chi connectivity index (χ1n) is 8.72. The minimum atomic E-state index is -0.372. The summed E-state index contributed by atoms with van der Waals surface area (Å²) in [6, 6.07) is 8.16. The summed E-state index contributed by atoms with van der Waals surface area (Å²) in [5, 5.41) is 12.7. The first kappa shape index (κ1) is 18.4. The molecular formula is C20H22N4OS. The number of benzene rings is 1. The zero-order valence-corrected chi connectivity index (χ0v) is 16.3. The first-order valence-corrected chi connectivity index (χ1v) is 9.60. The predicted molar refractivity (Wildman–Crippen MR) is 103 cm³/mol. The summed E-state index contributed by atoms with van der Waals surface area (Å²) in [6.07, 6.45) is 2.19. The molecule has 6 heteroatoms. The van der Waals surface area contributed by atoms with Gasteiger partial charge in [-0.15, -0.1) is 0 Å². The van der Waals surface area contributed by atoms with Crippen LogP contribution < -0.4 is 5.32 Å². The monoisotopic (exact) mass is 366 g/mol. The van der Waals surface area contributed by atoms with E-state index in [1.54, 1.807) is 0 Å². The van der Waals surface area contributed by atoms with Gasteiger partial charge in [0, 0.05) is 11.6 Å². The van der Waals surface area contributed by atoms with E-state index in [0.29, 0.717) is 22.2 Å². The number of nitrogens with zero attached hydrogens (tertiary/aromatic N) is 3. The molecule has 1 saturated carbocycles. The molecule has 1 heterocycles. The van der Waals surface area contributed by atoms with Crippen LogP contribution in [0.25, 0.3) is 0 Å². The largest absolute Gasteiger partial charge is 0.325 e. The third-order valence-corrected chi connectivity index (χ3v) is 5.52. The van der Waals surface area contributed by atoms with Crippen LogP contribution in [0, 0.1) is 32.1 Å². The molecule has 0 aliphatic heterocycles. The van der Waals surface area contributed by atoms with Crippen molar-refractivity contribution in [2.45, 2.75) is 56.7 Å². The van der Waals surface area contributed by atoms with Crippen molar-refractivity contribution < 1.29 is 4.79 Å². The molecule has 1 atom stereocenters. The molecule has 1 unspecified atom stereocenters. The average Bonchev–Trinajstić information content (AvgIpc) is 3.43. The van der Waals surface area contributed by atoms with Crippen molar-refractivity contribution in [1.82, 2.24) is 9.97 Å². The van der Waals surface area contributed by atoms with Crippen LogP contribution in [0.5, 0.6) is 0 Å². The summed E-state index contributed by atoms with van der Waals surface area (Å²) in [5.41, 5.74) is 4.09. The molecule has 1 fully saturated rings. The van der Waals surface area contributed by atoms with Crippen LogP contribution in [0.3, 0.4) is 0 Å². The number of rotatable bonds is 5. The van der Waals surface area contributed by atoms with Gasteiger partial charge in [-0.2, -0.15) is 5.26 Å². The highest BCUT2D eigenvalue weighted by Crippen LogP contribution is 2.39. The van der Waals surface area contributed by atoms with Crippen molar-refractivity contribution in [3.63, 3.8) is 0 Å². The Morgan fingerprint density at radius 1 is 1.31 bits per heavy atom. The van der Waals surface area contributed by atoms with Crippen molar-refractivity contribution >= 4 is 23.4 Å². The summed E-state index contributed by atoms with van der Waals surface area (Å²) in [7, 11) is 0. The number of thioether (sulfide) groups is 1. The van der Waals surface area contributed by atoms with Crippen molar-refractivity contribution in [3.8, 4) is 6.07 Å². The average molecular weight is 366 g/mol. The number of amides is 1. The van der Waals surface area contributed by atoms with Gasteiger partial charge in [0.15, 0.2) is 0 Å². The Bertz CT molecular complexity index is 899. The summed E-state index contributed by atoms with van der Waals surface area (Å²) in [5.74, 6) is 1.10. The number of carbonyl (C=O) groups is 1. The van der Waals surface area contributed by atoms with E-state index in [0.717, 1.165) is 35.5 Å². The Balaban J connectivity index is 1.78. The highest BCUT2D eigenvalue weighted by molar-refractivity contribution is 8.00. The van der Waals surface area contributed by atoms with Crippen molar-refractivity contribution in [3.05, 3.63) is 46.4 Å². The molecule has 0 spiro atoms. The zero-order chi connectivity index (χ0) is 18.8. The lowest BCUT2D eigenvalue weighted by molar-refractivity contribution is -0.115. The van der Waals surface area contributed by atoms with E-state index in [1.165, 1.54) is 11.8 Å². The number of carbonyl (C=O) groups excluding carboxylic acids is 1. The van der Waals surface area contributed by atoms with Gasteiger partial charge in [-0.05, 0) is 57.7 Å². The maximum Gasteiger partial charge on any atom is 0.237 e. The van der Waals surface area contributed by atoms with Gasteiger partial charge < -0.3 is 5.32 Å². The number of aryl methyl sites for hydroxylation is 3. The Labute approximate surface area is 158 Å². The van der Waals surface area contributed by atoms with Gasteiger partial charge in [0.1, 0.15) is 22.5 Å². The Hall–Kier alpha value is -2.39. The molecule has 0 radical (unpaired) electrons. The smallest absolute Gasteiger partial charge is 0.237 e. The van der Waals surface area contributed by atoms with Crippen molar-refractivity contribution in [1.29, 1.82) is 5.26 Å². The van der Waals surface area contributed by atoms with Gasteiger partial charge in [-0.1, -0.05) is 23.9 Å². The fraction of sp³-hybridized carbons (Fsp3) is 0.400. The summed E-state index contributed by atoms with van der Waals surface area (Å²) >= 11 is 1.32. The molecule has 5 nitrogen and oxygen atoms in total. The Morgan fingerprint density at radius 2 is 2.04 bits per heavy atom. The summed E-state index contributed by atoms with van der Waals surface area (Å²) < 4.78 is 0. The zero-order valence-electron chi connectivity index (χ0n) is 15.5. The molecule has 26 heavy (non-hydrogen) atoms. The lowest BCUT2D eigenvalue weighted by Gasteiger charge is -2.15. The summed E-state index contributed by atoms with van der Waals surface area (Å²) in [6.45, 7) is 7.63. The first-order chi connectivity index (χ1) is 12.4. The van der Waals surface area contributed by atoms with Crippen molar-refractivity contribution in [2.24, 2.45) is 0 Å². The highest BCUT2D eigenvalue weighted by atomic mass is 32.2. The molecule has 3 rings (SSSR count). The minimum Gasteiger partial charge on any atom is -0.325 e. The van der Waals surface area contributed by atoms with Crippen LogP contribution >= 0.6 is 11.8 Å². The second-order valence-electron chi connectivity index (χ2n) is 6.80. The van der Waals surface area contributed by atoms with Gasteiger partial charge in [0.2, 0.25) is 5.91 Å². The Morgan fingerprint density at radius 3 is 2.69 bits per heavy atom. The third-order valence-electron chi connectivity index (χ3n) is 4.44. The molecule has 1 N–H and O–H groups in total. The number of anilines is 1. The third kappa shape index (κ3) is 4.05. The number of nitrogens with one attached hydrogen (secondary N) is 1. The predicted octanol–water partition coefficient (Wildman–Crippen LogP) is 4.27. The Kier molecular flexibility index (Phi) is 5.28. The molecule has 1 amide bonds. The van der Waals surface area contributed by atoms with Crippen LogP contribution in [-0.4, -0.2) is 21.1 Å². The van der Waals surface area contributed by atoms with Crippen LogP contribution in [0.15, 0.2) is 23.2 Å². The van der Waals surface area contributed by atoms with E-state index in [1.807, 2.05) is 45.9 Å². The van der Waals surface area contributed by atoms with Gasteiger partial charge in [-0.25, -0.2) is 9.97 Å². The normalized spacial score (nSPS) is 14.6. The lowest BCUT2D eigenvalue weighted by atomic mass is 10.1. The molecule has 0 bridgehead atoms. The van der Waals surface area contributed by atoms with E-state index in [-0.39, 0.29) is 11.2 Å². The molecule has 134 valence electrons. The fourth-order valence-electron chi connectivity index (χ4n) is 2.63. The van der Waals surface area contributed by atoms with Crippen LogP contribution in [0.2, 0.25) is 0 Å². The number of nitriles is 1. The molecule has 1 aliphatic rings. The quantitative estimate of drug-likeness (QED) is 0.631. The standard InChI is InChI=1S/C20H22N4OS/c1-11-5-6-12(2)17(9-11)23-19(25)14(4)26-20-16(10-21)13(3)22-18(24-20)15-7-8-15/h5-6,9,14-15H,7-8H2,1-4H3,(H,23,25). The SMILES string of the molecule is Cc1ccc(C)c(NC(=O)C(C)Sc2nc(C3CC3)nc(C)c2C#N)c1. The second-order valence-corrected chi connectivity index (χ2v) is 8.13. The highest BCUT2D eigenvalue weighted by Gasteiger charge is 2.29. The van der Waals surface area contributed by atoms with E-state index in [9.17, 15) is 10.1 Å². The van der Waals surface area contributed by atoms with Gasteiger partial charge in [-0.3, -0.25) is 4.79 Å². The van der Waals surface area contributed by atoms with E-state index >= 15 is 0 Å². The maximum atomic E-state index is 12.6. The van der Waals surface area contributed by atoms with E-state index < -0.39 is 0 Å².